The number of alkyl halides is 1. The van der Waals surface area contributed by atoms with Gasteiger partial charge in [-0.2, -0.15) is 0 Å². The lowest BCUT2D eigenvalue weighted by Crippen LogP contribution is -2.31. The number of esters is 1. The van der Waals surface area contributed by atoms with Gasteiger partial charge in [-0.15, -0.1) is 12.4 Å². The molecule has 0 aliphatic rings. The van der Waals surface area contributed by atoms with E-state index in [0.29, 0.717) is 0 Å². The third-order valence-electron chi connectivity index (χ3n) is 2.42. The molecule has 0 saturated heterocycles. The van der Waals surface area contributed by atoms with Crippen LogP contribution in [0.3, 0.4) is 0 Å². The largest absolute Gasteiger partial charge is 0.507 e. The highest BCUT2D eigenvalue weighted by atomic mass is 35.5. The van der Waals surface area contributed by atoms with Gasteiger partial charge < -0.3 is 20.3 Å². The number of methoxy groups -OCH3 is 1. The minimum Gasteiger partial charge on any atom is -0.507 e. The van der Waals surface area contributed by atoms with Crippen LogP contribution in [0.5, 0.6) is 11.5 Å². The Morgan fingerprint density at radius 2 is 2.16 bits per heavy atom. The average molecular weight is 294 g/mol. The van der Waals surface area contributed by atoms with Crippen LogP contribution in [0.25, 0.3) is 0 Å². The van der Waals surface area contributed by atoms with Gasteiger partial charge in [0.1, 0.15) is 11.5 Å². The Hall–Kier alpha value is -1.53. The van der Waals surface area contributed by atoms with Gasteiger partial charge in [0, 0.05) is 0 Å². The fraction of sp³-hybridized carbons (Fsp3) is 0.417. The van der Waals surface area contributed by atoms with Gasteiger partial charge in [-0.1, -0.05) is 6.07 Å². The molecule has 0 bridgehead atoms. The second-order valence-electron chi connectivity index (χ2n) is 3.57. The second kappa shape index (κ2) is 7.81. The van der Waals surface area contributed by atoms with E-state index in [4.69, 9.17) is 10.5 Å². The summed E-state index contributed by atoms with van der Waals surface area (Å²) >= 11 is 0. The second-order valence-corrected chi connectivity index (χ2v) is 3.57. The van der Waals surface area contributed by atoms with E-state index in [0.717, 1.165) is 0 Å². The first-order chi connectivity index (χ1) is 8.52. The Morgan fingerprint density at radius 1 is 1.53 bits per heavy atom. The minimum atomic E-state index is -2.06. The summed E-state index contributed by atoms with van der Waals surface area (Å²) in [4.78, 5) is 11.3. The Labute approximate surface area is 116 Å². The van der Waals surface area contributed by atoms with Crippen molar-refractivity contribution in [2.45, 2.75) is 19.1 Å². The molecule has 108 valence electrons. The number of ether oxygens (including phenoxy) is 2. The number of phenols is 1. The van der Waals surface area contributed by atoms with Crippen LogP contribution in [0.4, 0.5) is 4.39 Å². The van der Waals surface area contributed by atoms with E-state index < -0.39 is 18.2 Å². The van der Waals surface area contributed by atoms with Crippen molar-refractivity contribution in [3.63, 3.8) is 0 Å². The smallest absolute Gasteiger partial charge is 0.342 e. The number of carbonyl (C=O) groups excluding carboxylic acids is 1. The summed E-state index contributed by atoms with van der Waals surface area (Å²) < 4.78 is 23.3. The van der Waals surface area contributed by atoms with Crippen LogP contribution < -0.4 is 10.5 Å². The molecule has 1 rings (SSSR count). The third kappa shape index (κ3) is 3.97. The number of hydrogen-bond acceptors (Lipinski definition) is 5. The molecule has 2 atom stereocenters. The summed E-state index contributed by atoms with van der Waals surface area (Å²) in [6, 6.07) is 3.05. The number of phenolic OH excluding ortho intramolecular Hbond substituents is 1. The van der Waals surface area contributed by atoms with E-state index >= 15 is 0 Å². The molecule has 0 fully saturated rings. The van der Waals surface area contributed by atoms with Crippen LogP contribution in [0.1, 0.15) is 18.5 Å². The maximum absolute atomic E-state index is 13.8. The first-order valence-electron chi connectivity index (χ1n) is 5.45. The van der Waals surface area contributed by atoms with Gasteiger partial charge in [0.15, 0.2) is 0 Å². The number of aromatic hydroxyl groups is 1. The first kappa shape index (κ1) is 17.5. The molecule has 1 aromatic carbocycles. The molecule has 7 heteroatoms. The molecular weight excluding hydrogens is 277 g/mol. The van der Waals surface area contributed by atoms with Crippen LogP contribution in [0.2, 0.25) is 0 Å². The van der Waals surface area contributed by atoms with E-state index in [-0.39, 0.29) is 36.1 Å². The number of nitrogens with two attached hydrogens (primary N) is 1. The standard InChI is InChI=1S/C12H16FNO4.ClH/c1-3-18-12(16)10(13)11(14)9-7(15)5-4-6-8(9)17-2;/h4-6,10-11,15H,3,14H2,1-2H3;1H/t10?,11-;/m0./s1. The van der Waals surface area contributed by atoms with Crippen molar-refractivity contribution in [1.82, 2.24) is 0 Å². The number of carbonyl (C=O) groups is 1. The molecule has 1 aromatic rings. The van der Waals surface area contributed by atoms with Crippen molar-refractivity contribution >= 4 is 18.4 Å². The molecule has 0 spiro atoms. The van der Waals surface area contributed by atoms with Crippen molar-refractivity contribution in [2.75, 3.05) is 13.7 Å². The molecule has 5 nitrogen and oxygen atoms in total. The van der Waals surface area contributed by atoms with Crippen molar-refractivity contribution in [3.05, 3.63) is 23.8 Å². The fourth-order valence-electron chi connectivity index (χ4n) is 1.56. The quantitative estimate of drug-likeness (QED) is 0.808. The highest BCUT2D eigenvalue weighted by molar-refractivity contribution is 5.85. The van der Waals surface area contributed by atoms with E-state index in [9.17, 15) is 14.3 Å². The van der Waals surface area contributed by atoms with E-state index in [1.165, 1.54) is 25.3 Å². The van der Waals surface area contributed by atoms with E-state index in [2.05, 4.69) is 4.74 Å². The maximum Gasteiger partial charge on any atom is 0.342 e. The number of benzene rings is 1. The van der Waals surface area contributed by atoms with E-state index in [1.807, 2.05) is 0 Å². The van der Waals surface area contributed by atoms with Gasteiger partial charge in [-0.25, -0.2) is 9.18 Å². The van der Waals surface area contributed by atoms with Crippen LogP contribution in [0, 0.1) is 0 Å². The van der Waals surface area contributed by atoms with Crippen LogP contribution >= 0.6 is 12.4 Å². The Bertz CT molecular complexity index is 430. The molecular formula is C12H17ClFNO4. The first-order valence-corrected chi connectivity index (χ1v) is 5.45. The summed E-state index contributed by atoms with van der Waals surface area (Å²) in [5.41, 5.74) is 5.67. The van der Waals surface area contributed by atoms with Crippen molar-refractivity contribution in [2.24, 2.45) is 5.73 Å². The monoisotopic (exact) mass is 293 g/mol. The molecule has 0 aliphatic heterocycles. The summed E-state index contributed by atoms with van der Waals surface area (Å²) in [5.74, 6) is -1.07. The minimum absolute atomic E-state index is 0. The van der Waals surface area contributed by atoms with Crippen LogP contribution in [-0.2, 0) is 9.53 Å². The molecule has 1 unspecified atom stereocenters. The Balaban J connectivity index is 0.00000324. The molecule has 19 heavy (non-hydrogen) atoms. The molecule has 0 heterocycles. The summed E-state index contributed by atoms with van der Waals surface area (Å²) in [7, 11) is 1.36. The highest BCUT2D eigenvalue weighted by Crippen LogP contribution is 2.34. The zero-order valence-corrected chi connectivity index (χ0v) is 11.4. The van der Waals surface area contributed by atoms with E-state index in [1.54, 1.807) is 6.92 Å². The number of halogens is 2. The summed E-state index contributed by atoms with van der Waals surface area (Å²) in [6.07, 6.45) is -2.06. The van der Waals surface area contributed by atoms with Crippen molar-refractivity contribution in [3.8, 4) is 11.5 Å². The van der Waals surface area contributed by atoms with Gasteiger partial charge in [0.05, 0.1) is 25.3 Å². The predicted molar refractivity (Wildman–Crippen MR) is 70.4 cm³/mol. The lowest BCUT2D eigenvalue weighted by atomic mass is 10.0. The van der Waals surface area contributed by atoms with Gasteiger partial charge in [-0.3, -0.25) is 0 Å². The zero-order chi connectivity index (χ0) is 13.7. The zero-order valence-electron chi connectivity index (χ0n) is 10.6. The molecule has 0 saturated carbocycles. The summed E-state index contributed by atoms with van der Waals surface area (Å²) in [6.45, 7) is 1.63. The van der Waals surface area contributed by atoms with Gasteiger partial charge in [0.2, 0.25) is 6.17 Å². The van der Waals surface area contributed by atoms with Gasteiger partial charge in [-0.05, 0) is 19.1 Å². The lowest BCUT2D eigenvalue weighted by Gasteiger charge is -2.19. The number of hydrogen-bond donors (Lipinski definition) is 2. The molecule has 0 aromatic heterocycles. The van der Waals surface area contributed by atoms with Crippen molar-refractivity contribution in [1.29, 1.82) is 0 Å². The lowest BCUT2D eigenvalue weighted by molar-refractivity contribution is -0.149. The molecule has 0 amide bonds. The van der Waals surface area contributed by atoms with Gasteiger partial charge in [0.25, 0.3) is 0 Å². The summed E-state index contributed by atoms with van der Waals surface area (Å²) in [5, 5.41) is 9.67. The van der Waals surface area contributed by atoms with Crippen LogP contribution in [-0.4, -0.2) is 31.0 Å². The Morgan fingerprint density at radius 3 is 2.68 bits per heavy atom. The predicted octanol–water partition coefficient (Wildman–Crippen LogP) is 1.72. The Kier molecular flexibility index (Phi) is 7.18. The number of rotatable bonds is 5. The maximum atomic E-state index is 13.8. The van der Waals surface area contributed by atoms with Gasteiger partial charge >= 0.3 is 5.97 Å². The SMILES string of the molecule is CCOC(=O)C(F)[C@@H](N)c1c(O)cccc1OC.Cl. The highest BCUT2D eigenvalue weighted by Gasteiger charge is 2.31. The normalized spacial score (nSPS) is 13.1. The van der Waals surface area contributed by atoms with Crippen molar-refractivity contribution < 1.29 is 23.8 Å². The average Bonchev–Trinajstić information content (AvgIpc) is 2.36. The molecule has 3 N–H and O–H groups in total. The molecule has 0 radical (unpaired) electrons. The van der Waals surface area contributed by atoms with Crippen LogP contribution in [0.15, 0.2) is 18.2 Å². The molecule has 0 aliphatic carbocycles. The topological polar surface area (TPSA) is 81.8 Å². The fourth-order valence-corrected chi connectivity index (χ4v) is 1.56. The third-order valence-corrected chi connectivity index (χ3v) is 2.42.